The fourth-order valence-electron chi connectivity index (χ4n) is 1.78. The molecule has 2 rings (SSSR count). The average molecular weight is 369 g/mol. The number of hydrogen-bond donors (Lipinski definition) is 1. The van der Waals surface area contributed by atoms with Crippen molar-refractivity contribution in [1.29, 1.82) is 0 Å². The molecule has 2 aromatic carbocycles. The lowest BCUT2D eigenvalue weighted by molar-refractivity contribution is 0.414. The van der Waals surface area contributed by atoms with Gasteiger partial charge in [-0.05, 0) is 45.0 Å². The molecule has 0 aliphatic carbocycles. The molecule has 2 nitrogen and oxygen atoms in total. The van der Waals surface area contributed by atoms with E-state index >= 15 is 0 Å². The molecule has 0 aliphatic rings. The molecular formula is C17H19BrClNO. The van der Waals surface area contributed by atoms with Crippen LogP contribution in [0.2, 0.25) is 5.02 Å². The average Bonchev–Trinajstić information content (AvgIpc) is 2.39. The maximum atomic E-state index is 6.16. The normalized spacial score (nSPS) is 11.5. The highest BCUT2D eigenvalue weighted by Crippen LogP contribution is 2.32. The Kier molecular flexibility index (Phi) is 5.31. The molecule has 0 saturated carbocycles. The van der Waals surface area contributed by atoms with Crippen LogP contribution < -0.4 is 10.1 Å². The van der Waals surface area contributed by atoms with Gasteiger partial charge in [0.15, 0.2) is 0 Å². The first-order chi connectivity index (χ1) is 9.85. The molecule has 4 heteroatoms. The van der Waals surface area contributed by atoms with Crippen molar-refractivity contribution in [3.05, 3.63) is 57.5 Å². The molecule has 0 radical (unpaired) electrons. The molecule has 1 N–H and O–H groups in total. The number of nitrogens with one attached hydrogen (secondary N) is 1. The van der Waals surface area contributed by atoms with Crippen LogP contribution in [0.25, 0.3) is 0 Å². The molecule has 0 spiro atoms. The SMILES string of the molecule is CC(C)(C)NCc1ccc(Br)cc1Oc1ccccc1Cl. The first-order valence-electron chi connectivity index (χ1n) is 6.81. The van der Waals surface area contributed by atoms with E-state index in [0.717, 1.165) is 22.3 Å². The number of hydrogen-bond acceptors (Lipinski definition) is 2. The Morgan fingerprint density at radius 3 is 2.48 bits per heavy atom. The van der Waals surface area contributed by atoms with Crippen LogP contribution in [0.5, 0.6) is 11.5 Å². The van der Waals surface area contributed by atoms with Crippen LogP contribution in [0.4, 0.5) is 0 Å². The monoisotopic (exact) mass is 367 g/mol. The molecule has 0 bridgehead atoms. The molecule has 0 amide bonds. The summed E-state index contributed by atoms with van der Waals surface area (Å²) in [7, 11) is 0. The second kappa shape index (κ2) is 6.82. The Bertz CT molecular complexity index is 622. The third kappa shape index (κ3) is 5.03. The van der Waals surface area contributed by atoms with Crippen molar-refractivity contribution in [1.82, 2.24) is 5.32 Å². The van der Waals surface area contributed by atoms with E-state index in [0.29, 0.717) is 10.8 Å². The summed E-state index contributed by atoms with van der Waals surface area (Å²) >= 11 is 9.65. The van der Waals surface area contributed by atoms with E-state index in [4.69, 9.17) is 16.3 Å². The van der Waals surface area contributed by atoms with Crippen molar-refractivity contribution in [3.63, 3.8) is 0 Å². The predicted octanol–water partition coefficient (Wildman–Crippen LogP) is 5.78. The van der Waals surface area contributed by atoms with Crippen LogP contribution in [0.15, 0.2) is 46.9 Å². The van der Waals surface area contributed by atoms with Gasteiger partial charge in [-0.25, -0.2) is 0 Å². The highest BCUT2D eigenvalue weighted by atomic mass is 79.9. The summed E-state index contributed by atoms with van der Waals surface area (Å²) in [6, 6.07) is 13.5. The number of benzene rings is 2. The Labute approximate surface area is 139 Å². The molecule has 0 saturated heterocycles. The van der Waals surface area contributed by atoms with Gasteiger partial charge in [-0.1, -0.05) is 45.7 Å². The number of para-hydroxylation sites is 1. The zero-order valence-corrected chi connectivity index (χ0v) is 14.8. The van der Waals surface area contributed by atoms with Crippen molar-refractivity contribution in [3.8, 4) is 11.5 Å². The summed E-state index contributed by atoms with van der Waals surface area (Å²) in [5.74, 6) is 1.46. The summed E-state index contributed by atoms with van der Waals surface area (Å²) < 4.78 is 6.96. The Hall–Kier alpha value is -1.03. The fourth-order valence-corrected chi connectivity index (χ4v) is 2.29. The van der Waals surface area contributed by atoms with Gasteiger partial charge in [0, 0.05) is 22.1 Å². The molecule has 0 heterocycles. The zero-order chi connectivity index (χ0) is 15.5. The van der Waals surface area contributed by atoms with Crippen molar-refractivity contribution in [2.24, 2.45) is 0 Å². The quantitative estimate of drug-likeness (QED) is 0.738. The second-order valence-electron chi connectivity index (χ2n) is 5.89. The van der Waals surface area contributed by atoms with Gasteiger partial charge < -0.3 is 10.1 Å². The van der Waals surface area contributed by atoms with Gasteiger partial charge >= 0.3 is 0 Å². The number of halogens is 2. The van der Waals surface area contributed by atoms with Gasteiger partial charge in [0.1, 0.15) is 11.5 Å². The van der Waals surface area contributed by atoms with E-state index in [9.17, 15) is 0 Å². The number of rotatable bonds is 4. The molecule has 112 valence electrons. The van der Waals surface area contributed by atoms with Gasteiger partial charge in [-0.2, -0.15) is 0 Å². The van der Waals surface area contributed by atoms with Gasteiger partial charge in [0.05, 0.1) is 5.02 Å². The topological polar surface area (TPSA) is 21.3 Å². The van der Waals surface area contributed by atoms with Crippen LogP contribution in [-0.2, 0) is 6.54 Å². The summed E-state index contributed by atoms with van der Waals surface area (Å²) in [6.07, 6.45) is 0. The maximum Gasteiger partial charge on any atom is 0.146 e. The van der Waals surface area contributed by atoms with E-state index in [1.54, 1.807) is 0 Å². The van der Waals surface area contributed by atoms with Gasteiger partial charge in [0.2, 0.25) is 0 Å². The van der Waals surface area contributed by atoms with E-state index in [1.165, 1.54) is 0 Å². The summed E-state index contributed by atoms with van der Waals surface area (Å²) in [5.41, 5.74) is 1.14. The highest BCUT2D eigenvalue weighted by Gasteiger charge is 2.12. The third-order valence-corrected chi connectivity index (χ3v) is 3.70. The van der Waals surface area contributed by atoms with Crippen LogP contribution in [0, 0.1) is 0 Å². The smallest absolute Gasteiger partial charge is 0.146 e. The Morgan fingerprint density at radius 1 is 1.10 bits per heavy atom. The van der Waals surface area contributed by atoms with Crippen LogP contribution in [0.1, 0.15) is 26.3 Å². The van der Waals surface area contributed by atoms with Crippen molar-refractivity contribution < 1.29 is 4.74 Å². The van der Waals surface area contributed by atoms with Crippen LogP contribution in [0.3, 0.4) is 0 Å². The van der Waals surface area contributed by atoms with Crippen LogP contribution >= 0.6 is 27.5 Å². The maximum absolute atomic E-state index is 6.16. The summed E-state index contributed by atoms with van der Waals surface area (Å²) in [6.45, 7) is 7.15. The standard InChI is InChI=1S/C17H19BrClNO/c1-17(2,3)20-11-12-8-9-13(18)10-16(12)21-15-7-5-4-6-14(15)19/h4-10,20H,11H2,1-3H3. The first-order valence-corrected chi connectivity index (χ1v) is 7.98. The minimum atomic E-state index is 0.0503. The minimum Gasteiger partial charge on any atom is -0.455 e. The molecule has 0 unspecified atom stereocenters. The molecule has 0 aromatic heterocycles. The van der Waals surface area contributed by atoms with E-state index < -0.39 is 0 Å². The first kappa shape index (κ1) is 16.3. The molecule has 0 aliphatic heterocycles. The minimum absolute atomic E-state index is 0.0503. The van der Waals surface area contributed by atoms with Gasteiger partial charge in [-0.15, -0.1) is 0 Å². The molecular weight excluding hydrogens is 350 g/mol. The second-order valence-corrected chi connectivity index (χ2v) is 7.21. The molecule has 0 fully saturated rings. The third-order valence-electron chi connectivity index (χ3n) is 2.89. The highest BCUT2D eigenvalue weighted by molar-refractivity contribution is 9.10. The molecule has 21 heavy (non-hydrogen) atoms. The van der Waals surface area contributed by atoms with Crippen molar-refractivity contribution in [2.45, 2.75) is 32.9 Å². The van der Waals surface area contributed by atoms with Crippen molar-refractivity contribution in [2.75, 3.05) is 0 Å². The molecule has 0 atom stereocenters. The fraction of sp³-hybridized carbons (Fsp3) is 0.294. The lowest BCUT2D eigenvalue weighted by Gasteiger charge is -2.22. The van der Waals surface area contributed by atoms with Gasteiger partial charge in [-0.3, -0.25) is 0 Å². The van der Waals surface area contributed by atoms with E-state index in [2.05, 4.69) is 48.1 Å². The lowest BCUT2D eigenvalue weighted by Crippen LogP contribution is -2.35. The lowest BCUT2D eigenvalue weighted by atomic mass is 10.1. The van der Waals surface area contributed by atoms with Crippen LogP contribution in [-0.4, -0.2) is 5.54 Å². The summed E-state index contributed by atoms with van der Waals surface area (Å²) in [5, 5.41) is 4.07. The Balaban J connectivity index is 2.25. The Morgan fingerprint density at radius 2 is 1.81 bits per heavy atom. The molecule has 2 aromatic rings. The van der Waals surface area contributed by atoms with Gasteiger partial charge in [0.25, 0.3) is 0 Å². The van der Waals surface area contributed by atoms with E-state index in [-0.39, 0.29) is 5.54 Å². The number of ether oxygens (including phenoxy) is 1. The summed E-state index contributed by atoms with van der Waals surface area (Å²) in [4.78, 5) is 0. The van der Waals surface area contributed by atoms with E-state index in [1.807, 2.05) is 36.4 Å². The zero-order valence-electron chi connectivity index (χ0n) is 12.4. The predicted molar refractivity (Wildman–Crippen MR) is 92.3 cm³/mol. The largest absolute Gasteiger partial charge is 0.455 e. The van der Waals surface area contributed by atoms with Crippen molar-refractivity contribution >= 4 is 27.5 Å².